The van der Waals surface area contributed by atoms with Crippen molar-refractivity contribution in [1.82, 2.24) is 0 Å². The molecule has 2 heteroatoms. The molecule has 1 atom stereocenters. The first kappa shape index (κ1) is 22.3. The van der Waals surface area contributed by atoms with E-state index in [9.17, 15) is 9.59 Å². The molecule has 2 nitrogen and oxygen atoms in total. The molecule has 0 N–H and O–H groups in total. The first-order valence-corrected chi connectivity index (χ1v) is 10.2. The van der Waals surface area contributed by atoms with Crippen molar-refractivity contribution in [1.29, 1.82) is 0 Å². The number of hydrogen-bond donors (Lipinski definition) is 0. The third-order valence-electron chi connectivity index (χ3n) is 4.72. The van der Waals surface area contributed by atoms with Crippen molar-refractivity contribution in [3.8, 4) is 0 Å². The van der Waals surface area contributed by atoms with Gasteiger partial charge in [-0.15, -0.1) is 0 Å². The molecule has 1 unspecified atom stereocenters. The molecule has 0 fully saturated rings. The van der Waals surface area contributed by atoms with Gasteiger partial charge in [-0.1, -0.05) is 97.8 Å². The van der Waals surface area contributed by atoms with Crippen molar-refractivity contribution in [3.63, 3.8) is 0 Å². The maximum atomic E-state index is 12.1. The molecule has 0 radical (unpaired) electrons. The number of unbranched alkanes of at least 4 members (excludes halogenated alkanes) is 11. The highest BCUT2D eigenvalue weighted by Crippen LogP contribution is 2.15. The lowest BCUT2D eigenvalue weighted by molar-refractivity contribution is -0.138. The predicted molar refractivity (Wildman–Crippen MR) is 99.8 cm³/mol. The number of carbonyl (C=O) groups is 2. The molecule has 0 aromatic rings. The van der Waals surface area contributed by atoms with E-state index in [0.717, 1.165) is 25.7 Å². The van der Waals surface area contributed by atoms with Crippen molar-refractivity contribution < 1.29 is 9.59 Å². The fourth-order valence-electron chi connectivity index (χ4n) is 3.00. The van der Waals surface area contributed by atoms with Crippen LogP contribution in [0, 0.1) is 5.92 Å². The number of ketones is 2. The first-order chi connectivity index (χ1) is 11.1. The van der Waals surface area contributed by atoms with E-state index in [0.29, 0.717) is 6.42 Å². The summed E-state index contributed by atoms with van der Waals surface area (Å²) >= 11 is 0. The lowest BCUT2D eigenvalue weighted by atomic mass is 9.93. The van der Waals surface area contributed by atoms with Gasteiger partial charge >= 0.3 is 0 Å². The molecule has 0 aliphatic carbocycles. The predicted octanol–water partition coefficient (Wildman–Crippen LogP) is 6.65. The van der Waals surface area contributed by atoms with Gasteiger partial charge in [-0.3, -0.25) is 9.59 Å². The first-order valence-electron chi connectivity index (χ1n) is 10.2. The molecule has 0 heterocycles. The van der Waals surface area contributed by atoms with Crippen LogP contribution in [-0.4, -0.2) is 11.6 Å². The van der Waals surface area contributed by atoms with Crippen LogP contribution in [0.3, 0.4) is 0 Å². The third kappa shape index (κ3) is 13.5. The number of rotatable bonds is 17. The Bertz CT molecular complexity index is 296. The fraction of sp³-hybridized carbons (Fsp3) is 0.905. The molecule has 0 spiro atoms. The van der Waals surface area contributed by atoms with Gasteiger partial charge in [0, 0.05) is 12.3 Å². The summed E-state index contributed by atoms with van der Waals surface area (Å²) in [5.74, 6) is -0.320. The lowest BCUT2D eigenvalue weighted by Crippen LogP contribution is -2.21. The summed E-state index contributed by atoms with van der Waals surface area (Å²) in [4.78, 5) is 24.0. The summed E-state index contributed by atoms with van der Waals surface area (Å²) in [5.41, 5.74) is 0. The average Bonchev–Trinajstić information content (AvgIpc) is 2.56. The van der Waals surface area contributed by atoms with Gasteiger partial charge in [-0.25, -0.2) is 0 Å². The van der Waals surface area contributed by atoms with Gasteiger partial charge in [0.05, 0.1) is 0 Å². The molecule has 0 amide bonds. The molecule has 0 aromatic carbocycles. The molecule has 0 aliphatic rings. The topological polar surface area (TPSA) is 34.1 Å². The summed E-state index contributed by atoms with van der Waals surface area (Å²) in [7, 11) is 0. The zero-order chi connectivity index (χ0) is 17.3. The Hall–Kier alpha value is -0.660. The molecular formula is C21H40O2. The van der Waals surface area contributed by atoms with E-state index in [4.69, 9.17) is 0 Å². The van der Waals surface area contributed by atoms with Gasteiger partial charge in [-0.05, 0) is 12.8 Å². The highest BCUT2D eigenvalue weighted by Gasteiger charge is 2.20. The van der Waals surface area contributed by atoms with Crippen molar-refractivity contribution in [2.75, 3.05) is 0 Å². The normalized spacial score (nSPS) is 12.3. The summed E-state index contributed by atoms with van der Waals surface area (Å²) in [6.07, 6.45) is 17.1. The van der Waals surface area contributed by atoms with E-state index in [1.54, 1.807) is 0 Å². The Morgan fingerprint density at radius 1 is 0.652 bits per heavy atom. The molecule has 136 valence electrons. The van der Waals surface area contributed by atoms with Crippen molar-refractivity contribution >= 4 is 11.6 Å². The summed E-state index contributed by atoms with van der Waals surface area (Å²) in [6, 6.07) is 0. The Balaban J connectivity index is 3.60. The highest BCUT2D eigenvalue weighted by atomic mass is 16.2. The smallest absolute Gasteiger partial charge is 0.201 e. The maximum absolute atomic E-state index is 12.1. The van der Waals surface area contributed by atoms with Crippen LogP contribution in [0.25, 0.3) is 0 Å². The van der Waals surface area contributed by atoms with Crippen LogP contribution in [0.1, 0.15) is 117 Å². The van der Waals surface area contributed by atoms with E-state index in [-0.39, 0.29) is 17.5 Å². The van der Waals surface area contributed by atoms with Crippen LogP contribution in [0.5, 0.6) is 0 Å². The fourth-order valence-corrected chi connectivity index (χ4v) is 3.00. The standard InChI is InChI=1S/C21H40O2/c1-4-6-8-10-12-14-16-18-20(22)21(23)19(3)17-15-13-11-9-7-5-2/h19H,4-18H2,1-3H3. The van der Waals surface area contributed by atoms with E-state index in [1.807, 2.05) is 6.92 Å². The van der Waals surface area contributed by atoms with Gasteiger partial charge in [0.15, 0.2) is 5.78 Å². The molecule has 0 bridgehead atoms. The third-order valence-corrected chi connectivity index (χ3v) is 4.72. The van der Waals surface area contributed by atoms with Gasteiger partial charge in [0.25, 0.3) is 0 Å². The second-order valence-electron chi connectivity index (χ2n) is 7.12. The van der Waals surface area contributed by atoms with Crippen LogP contribution in [0.2, 0.25) is 0 Å². The molecule has 0 saturated carbocycles. The lowest BCUT2D eigenvalue weighted by Gasteiger charge is -2.09. The van der Waals surface area contributed by atoms with E-state index < -0.39 is 0 Å². The summed E-state index contributed by atoms with van der Waals surface area (Å²) < 4.78 is 0. The Kier molecular flexibility index (Phi) is 15.7. The average molecular weight is 325 g/mol. The number of Topliss-reactive ketones (excluding diaryl/α,β-unsaturated/α-hetero) is 2. The summed E-state index contributed by atoms with van der Waals surface area (Å²) in [6.45, 7) is 6.37. The Morgan fingerprint density at radius 3 is 1.61 bits per heavy atom. The van der Waals surface area contributed by atoms with Crippen LogP contribution >= 0.6 is 0 Å². The molecule has 0 aliphatic heterocycles. The quantitative estimate of drug-likeness (QED) is 0.222. The van der Waals surface area contributed by atoms with Gasteiger partial charge in [-0.2, -0.15) is 0 Å². The van der Waals surface area contributed by atoms with Crippen molar-refractivity contribution in [2.24, 2.45) is 5.92 Å². The molecule has 0 aromatic heterocycles. The Labute approximate surface area is 144 Å². The van der Waals surface area contributed by atoms with Gasteiger partial charge in [0.1, 0.15) is 0 Å². The minimum absolute atomic E-state index is 0.0711. The second kappa shape index (κ2) is 16.2. The van der Waals surface area contributed by atoms with Crippen molar-refractivity contribution in [3.05, 3.63) is 0 Å². The maximum Gasteiger partial charge on any atom is 0.201 e. The minimum Gasteiger partial charge on any atom is -0.291 e. The van der Waals surface area contributed by atoms with Crippen LogP contribution in [0.4, 0.5) is 0 Å². The second-order valence-corrected chi connectivity index (χ2v) is 7.12. The summed E-state index contributed by atoms with van der Waals surface area (Å²) in [5, 5.41) is 0. The molecule has 0 rings (SSSR count). The molecule has 23 heavy (non-hydrogen) atoms. The minimum atomic E-state index is -0.128. The van der Waals surface area contributed by atoms with Crippen molar-refractivity contribution in [2.45, 2.75) is 117 Å². The van der Waals surface area contributed by atoms with Crippen LogP contribution in [-0.2, 0) is 9.59 Å². The Morgan fingerprint density at radius 2 is 1.09 bits per heavy atom. The van der Waals surface area contributed by atoms with E-state index >= 15 is 0 Å². The van der Waals surface area contributed by atoms with Crippen LogP contribution < -0.4 is 0 Å². The number of hydrogen-bond acceptors (Lipinski definition) is 2. The van der Waals surface area contributed by atoms with E-state index in [2.05, 4.69) is 13.8 Å². The zero-order valence-electron chi connectivity index (χ0n) is 16.0. The van der Waals surface area contributed by atoms with Gasteiger partial charge in [0.2, 0.25) is 5.78 Å². The van der Waals surface area contributed by atoms with Crippen LogP contribution in [0.15, 0.2) is 0 Å². The molecular weight excluding hydrogens is 284 g/mol. The van der Waals surface area contributed by atoms with Gasteiger partial charge < -0.3 is 0 Å². The monoisotopic (exact) mass is 324 g/mol. The number of carbonyl (C=O) groups excluding carboxylic acids is 2. The SMILES string of the molecule is CCCCCCCCCC(=O)C(=O)C(C)CCCCCCCC. The molecule has 0 saturated heterocycles. The highest BCUT2D eigenvalue weighted by molar-refractivity contribution is 6.37. The zero-order valence-corrected chi connectivity index (χ0v) is 16.0. The van der Waals surface area contributed by atoms with E-state index in [1.165, 1.54) is 64.2 Å². The largest absolute Gasteiger partial charge is 0.291 e.